The Labute approximate surface area is 81.3 Å². The molecule has 0 radical (unpaired) electrons. The summed E-state index contributed by atoms with van der Waals surface area (Å²) in [5.74, 6) is 0. The molecule has 0 saturated heterocycles. The molecule has 0 atom stereocenters. The second-order valence-electron chi connectivity index (χ2n) is 3.33. The Balaban J connectivity index is 3.31. The smallest absolute Gasteiger partial charge is 0.0228 e. The molecule has 0 nitrogen and oxygen atoms in total. The highest BCUT2D eigenvalue weighted by atomic mass is 14.1. The van der Waals surface area contributed by atoms with Crippen LogP contribution in [0, 0.1) is 6.92 Å². The number of benzene rings is 1. The summed E-state index contributed by atoms with van der Waals surface area (Å²) in [7, 11) is 0. The third kappa shape index (κ3) is 1.82. The van der Waals surface area contributed by atoms with Crippen LogP contribution in [0.15, 0.2) is 18.7 Å². The van der Waals surface area contributed by atoms with Crippen molar-refractivity contribution in [2.75, 3.05) is 0 Å². The molecule has 0 fully saturated rings. The third-order valence-electron chi connectivity index (χ3n) is 2.70. The Morgan fingerprint density at radius 2 is 1.92 bits per heavy atom. The van der Waals surface area contributed by atoms with E-state index < -0.39 is 0 Å². The molecule has 1 aromatic rings. The van der Waals surface area contributed by atoms with Gasteiger partial charge in [-0.2, -0.15) is 0 Å². The average molecular weight is 174 g/mol. The van der Waals surface area contributed by atoms with E-state index >= 15 is 0 Å². The van der Waals surface area contributed by atoms with E-state index in [1.165, 1.54) is 22.3 Å². The van der Waals surface area contributed by atoms with Crippen molar-refractivity contribution in [1.29, 1.82) is 0 Å². The summed E-state index contributed by atoms with van der Waals surface area (Å²) in [6, 6.07) is 4.39. The summed E-state index contributed by atoms with van der Waals surface area (Å²) < 4.78 is 0. The van der Waals surface area contributed by atoms with E-state index in [1.807, 2.05) is 6.08 Å². The summed E-state index contributed by atoms with van der Waals surface area (Å²) in [6.45, 7) is 10.5. The summed E-state index contributed by atoms with van der Waals surface area (Å²) in [4.78, 5) is 0. The van der Waals surface area contributed by atoms with E-state index in [0.717, 1.165) is 12.8 Å². The Bertz CT molecular complexity index is 308. The maximum atomic E-state index is 3.84. The molecule has 0 spiro atoms. The average Bonchev–Trinajstić information content (AvgIpc) is 2.17. The van der Waals surface area contributed by atoms with Gasteiger partial charge in [0.25, 0.3) is 0 Å². The molecule has 0 aliphatic carbocycles. The van der Waals surface area contributed by atoms with Gasteiger partial charge in [-0.15, -0.1) is 0 Å². The highest BCUT2D eigenvalue weighted by Gasteiger charge is 2.04. The van der Waals surface area contributed by atoms with Crippen molar-refractivity contribution in [3.63, 3.8) is 0 Å². The van der Waals surface area contributed by atoms with Crippen LogP contribution < -0.4 is 0 Å². The van der Waals surface area contributed by atoms with Crippen molar-refractivity contribution in [3.05, 3.63) is 41.0 Å². The molecule has 13 heavy (non-hydrogen) atoms. The molecule has 0 unspecified atom stereocenters. The first-order valence-electron chi connectivity index (χ1n) is 4.98. The third-order valence-corrected chi connectivity index (χ3v) is 2.70. The van der Waals surface area contributed by atoms with Crippen LogP contribution >= 0.6 is 0 Å². The Kier molecular flexibility index (Phi) is 3.30. The molecule has 0 aliphatic rings. The lowest BCUT2D eigenvalue weighted by molar-refractivity contribution is 1.04. The van der Waals surface area contributed by atoms with Gasteiger partial charge in [0.05, 0.1) is 0 Å². The Hall–Kier alpha value is -1.04. The molecule has 1 aromatic carbocycles. The highest BCUT2D eigenvalue weighted by molar-refractivity contribution is 5.56. The summed E-state index contributed by atoms with van der Waals surface area (Å²) in [6.07, 6.45) is 4.17. The number of hydrogen-bond acceptors (Lipinski definition) is 0. The van der Waals surface area contributed by atoms with Crippen molar-refractivity contribution in [1.82, 2.24) is 0 Å². The minimum absolute atomic E-state index is 1.10. The molecule has 1 rings (SSSR count). The molecule has 70 valence electrons. The molecule has 0 heteroatoms. The fraction of sp³-hybridized carbons (Fsp3) is 0.385. The zero-order chi connectivity index (χ0) is 9.84. The van der Waals surface area contributed by atoms with Gasteiger partial charge in [-0.3, -0.25) is 0 Å². The topological polar surface area (TPSA) is 0 Å². The first-order valence-corrected chi connectivity index (χ1v) is 4.98. The van der Waals surface area contributed by atoms with Crippen LogP contribution in [-0.2, 0) is 12.8 Å². The highest BCUT2D eigenvalue weighted by Crippen LogP contribution is 2.20. The summed E-state index contributed by atoms with van der Waals surface area (Å²) in [5, 5.41) is 0. The molecule has 0 aliphatic heterocycles. The van der Waals surface area contributed by atoms with Crippen LogP contribution in [0.2, 0.25) is 0 Å². The lowest BCUT2D eigenvalue weighted by Crippen LogP contribution is -1.96. The first-order chi connectivity index (χ1) is 6.24. The molecule has 0 bridgehead atoms. The van der Waals surface area contributed by atoms with Crippen LogP contribution in [0.1, 0.15) is 36.1 Å². The van der Waals surface area contributed by atoms with E-state index in [0.29, 0.717) is 0 Å². The van der Waals surface area contributed by atoms with Crippen LogP contribution in [0.4, 0.5) is 0 Å². The van der Waals surface area contributed by atoms with Crippen LogP contribution in [0.5, 0.6) is 0 Å². The molecule has 0 aromatic heterocycles. The van der Waals surface area contributed by atoms with Gasteiger partial charge in [0, 0.05) is 0 Å². The predicted molar refractivity (Wildman–Crippen MR) is 60.0 cm³/mol. The second-order valence-corrected chi connectivity index (χ2v) is 3.33. The molecule has 0 saturated carbocycles. The van der Waals surface area contributed by atoms with E-state index in [-0.39, 0.29) is 0 Å². The SMILES string of the molecule is C=Cc1ccc(CC)c(C)c1CC. The lowest BCUT2D eigenvalue weighted by Gasteiger charge is -2.11. The van der Waals surface area contributed by atoms with E-state index in [4.69, 9.17) is 0 Å². The van der Waals surface area contributed by atoms with Gasteiger partial charge in [-0.25, -0.2) is 0 Å². The Morgan fingerprint density at radius 3 is 2.38 bits per heavy atom. The fourth-order valence-electron chi connectivity index (χ4n) is 1.87. The van der Waals surface area contributed by atoms with Crippen molar-refractivity contribution in [2.45, 2.75) is 33.6 Å². The molecule has 0 heterocycles. The van der Waals surface area contributed by atoms with Crippen molar-refractivity contribution in [3.8, 4) is 0 Å². The van der Waals surface area contributed by atoms with Crippen molar-refractivity contribution < 1.29 is 0 Å². The van der Waals surface area contributed by atoms with Gasteiger partial charge in [-0.1, -0.05) is 38.6 Å². The molecular weight excluding hydrogens is 156 g/mol. The van der Waals surface area contributed by atoms with Gasteiger partial charge in [0.1, 0.15) is 0 Å². The van der Waals surface area contributed by atoms with E-state index in [2.05, 4.69) is 39.5 Å². The summed E-state index contributed by atoms with van der Waals surface area (Å²) in [5.41, 5.74) is 5.65. The standard InChI is InChI=1S/C13H18/c1-5-11-8-9-12(6-2)13(7-3)10(11)4/h6,8-9H,2,5,7H2,1,3-4H3. The van der Waals surface area contributed by atoms with Crippen molar-refractivity contribution in [2.24, 2.45) is 0 Å². The van der Waals surface area contributed by atoms with Gasteiger partial charge in [-0.05, 0) is 42.0 Å². The zero-order valence-corrected chi connectivity index (χ0v) is 8.85. The molecule has 0 amide bonds. The molecular formula is C13H18. The quantitative estimate of drug-likeness (QED) is 0.654. The van der Waals surface area contributed by atoms with Gasteiger partial charge in [0.15, 0.2) is 0 Å². The predicted octanol–water partition coefficient (Wildman–Crippen LogP) is 3.76. The van der Waals surface area contributed by atoms with Crippen molar-refractivity contribution >= 4 is 6.08 Å². The van der Waals surface area contributed by atoms with Crippen LogP contribution in [0.25, 0.3) is 6.08 Å². The second kappa shape index (κ2) is 4.27. The maximum Gasteiger partial charge on any atom is -0.0228 e. The van der Waals surface area contributed by atoms with Crippen LogP contribution in [0.3, 0.4) is 0 Å². The minimum atomic E-state index is 1.10. The zero-order valence-electron chi connectivity index (χ0n) is 8.85. The molecule has 0 N–H and O–H groups in total. The van der Waals surface area contributed by atoms with Gasteiger partial charge in [0.2, 0.25) is 0 Å². The van der Waals surface area contributed by atoms with Gasteiger partial charge >= 0.3 is 0 Å². The Morgan fingerprint density at radius 1 is 1.23 bits per heavy atom. The number of hydrogen-bond donors (Lipinski definition) is 0. The monoisotopic (exact) mass is 174 g/mol. The number of aryl methyl sites for hydroxylation is 1. The normalized spacial score (nSPS) is 10.1. The summed E-state index contributed by atoms with van der Waals surface area (Å²) >= 11 is 0. The first kappa shape index (κ1) is 10.0. The van der Waals surface area contributed by atoms with Gasteiger partial charge < -0.3 is 0 Å². The lowest BCUT2D eigenvalue weighted by atomic mass is 9.94. The fourth-order valence-corrected chi connectivity index (χ4v) is 1.87. The largest absolute Gasteiger partial charge is 0.0985 e. The maximum absolute atomic E-state index is 3.84. The van der Waals surface area contributed by atoms with Crippen LogP contribution in [-0.4, -0.2) is 0 Å². The number of rotatable bonds is 3. The van der Waals surface area contributed by atoms with E-state index in [9.17, 15) is 0 Å². The van der Waals surface area contributed by atoms with E-state index in [1.54, 1.807) is 0 Å². The minimum Gasteiger partial charge on any atom is -0.0985 e.